The van der Waals surface area contributed by atoms with Gasteiger partial charge in [-0.05, 0) is 61.1 Å². The van der Waals surface area contributed by atoms with Gasteiger partial charge in [0.25, 0.3) is 0 Å². The smallest absolute Gasteiger partial charge is 0.347 e. The third-order valence-electron chi connectivity index (χ3n) is 6.80. The van der Waals surface area contributed by atoms with E-state index >= 15 is 0 Å². The molecule has 4 rings (SSSR count). The molecule has 0 fully saturated rings. The van der Waals surface area contributed by atoms with Crippen LogP contribution in [-0.2, 0) is 22.3 Å². The van der Waals surface area contributed by atoms with Crippen LogP contribution in [0.2, 0.25) is 0 Å². The van der Waals surface area contributed by atoms with Crippen molar-refractivity contribution in [2.75, 3.05) is 0 Å². The zero-order chi connectivity index (χ0) is 27.4. The highest BCUT2D eigenvalue weighted by Crippen LogP contribution is 2.29. The Hall–Kier alpha value is -4.34. The number of cyclic esters (lactones) is 4. The third-order valence-corrected chi connectivity index (χ3v) is 6.80. The molecule has 0 amide bonds. The SMILES string of the molecule is O=C(O)c1cc(CCCCCCCCCCc2cc(C(=O)O)cc3c2C(=O)OC3=O)c2c(c1)C(=O)OC2=O. The minimum atomic E-state index is -1.17. The van der Waals surface area contributed by atoms with Crippen molar-refractivity contribution in [2.45, 2.75) is 64.2 Å². The van der Waals surface area contributed by atoms with Crippen molar-refractivity contribution in [2.24, 2.45) is 0 Å². The normalized spacial score (nSPS) is 13.8. The number of hydrogen-bond donors (Lipinski definition) is 2. The molecular weight excluding hydrogens is 496 g/mol. The van der Waals surface area contributed by atoms with Crippen molar-refractivity contribution in [3.8, 4) is 0 Å². The van der Waals surface area contributed by atoms with E-state index in [9.17, 15) is 39.0 Å². The van der Waals surface area contributed by atoms with Gasteiger partial charge in [0.1, 0.15) is 0 Å². The summed E-state index contributed by atoms with van der Waals surface area (Å²) < 4.78 is 9.28. The highest BCUT2D eigenvalue weighted by Gasteiger charge is 2.34. The first kappa shape index (κ1) is 26.7. The lowest BCUT2D eigenvalue weighted by Crippen LogP contribution is -2.05. The Bertz CT molecular complexity index is 1250. The van der Waals surface area contributed by atoms with Gasteiger partial charge in [0.2, 0.25) is 0 Å². The average molecular weight is 523 g/mol. The van der Waals surface area contributed by atoms with Gasteiger partial charge in [-0.15, -0.1) is 0 Å². The predicted molar refractivity (Wildman–Crippen MR) is 131 cm³/mol. The molecule has 0 atom stereocenters. The maximum Gasteiger partial charge on any atom is 0.347 e. The van der Waals surface area contributed by atoms with Crippen LogP contribution in [0.15, 0.2) is 24.3 Å². The molecule has 10 heteroatoms. The standard InChI is InChI=1S/C28H26O10/c29-23(30)17-11-15(21-19(13-17)25(33)37-27(21)35)9-7-5-3-1-2-4-6-8-10-16-12-18(24(31)32)14-20-22(16)28(36)38-26(20)34/h11-14H,1-10H2,(H,29,30)(H,31,32). The molecule has 2 aliphatic heterocycles. The lowest BCUT2D eigenvalue weighted by atomic mass is 9.94. The number of benzene rings is 2. The first-order valence-corrected chi connectivity index (χ1v) is 12.5. The van der Waals surface area contributed by atoms with Crippen LogP contribution in [0.3, 0.4) is 0 Å². The predicted octanol–water partition coefficient (Wildman–Crippen LogP) is 4.61. The van der Waals surface area contributed by atoms with Crippen LogP contribution in [-0.4, -0.2) is 46.0 Å². The van der Waals surface area contributed by atoms with Gasteiger partial charge in [0.05, 0.1) is 33.4 Å². The van der Waals surface area contributed by atoms with E-state index < -0.39 is 35.8 Å². The molecule has 2 N–H and O–H groups in total. The van der Waals surface area contributed by atoms with E-state index in [1.807, 2.05) is 0 Å². The van der Waals surface area contributed by atoms with E-state index in [1.54, 1.807) is 0 Å². The number of fused-ring (bicyclic) bond motifs is 2. The number of aromatic carboxylic acids is 2. The zero-order valence-corrected chi connectivity index (χ0v) is 20.5. The number of esters is 4. The minimum Gasteiger partial charge on any atom is -0.478 e. The molecule has 10 nitrogen and oxygen atoms in total. The van der Waals surface area contributed by atoms with E-state index in [0.29, 0.717) is 24.0 Å². The first-order chi connectivity index (χ1) is 18.2. The Morgan fingerprint density at radius 3 is 1.21 bits per heavy atom. The second-order valence-electron chi connectivity index (χ2n) is 9.41. The molecule has 0 saturated carbocycles. The number of hydrogen-bond acceptors (Lipinski definition) is 8. The fraction of sp³-hybridized carbons (Fsp3) is 0.357. The highest BCUT2D eigenvalue weighted by atomic mass is 16.6. The Balaban J connectivity index is 1.18. The van der Waals surface area contributed by atoms with Gasteiger partial charge >= 0.3 is 35.8 Å². The maximum atomic E-state index is 12.0. The number of carboxylic acids is 2. The van der Waals surface area contributed by atoms with Crippen molar-refractivity contribution in [1.82, 2.24) is 0 Å². The van der Waals surface area contributed by atoms with E-state index in [4.69, 9.17) is 0 Å². The molecule has 0 spiro atoms. The highest BCUT2D eigenvalue weighted by molar-refractivity contribution is 6.17. The van der Waals surface area contributed by atoms with Gasteiger partial charge in [0.15, 0.2) is 0 Å². The largest absolute Gasteiger partial charge is 0.478 e. The van der Waals surface area contributed by atoms with Gasteiger partial charge in [-0.25, -0.2) is 28.8 Å². The third kappa shape index (κ3) is 5.64. The summed E-state index contributed by atoms with van der Waals surface area (Å²) in [6.07, 6.45) is 8.02. The molecule has 2 aromatic rings. The van der Waals surface area contributed by atoms with Crippen LogP contribution in [0.1, 0.15) is 125 Å². The van der Waals surface area contributed by atoms with Crippen molar-refractivity contribution in [3.05, 3.63) is 68.8 Å². The first-order valence-electron chi connectivity index (χ1n) is 12.5. The summed E-state index contributed by atoms with van der Waals surface area (Å²) in [5.41, 5.74) is 1.28. The molecule has 0 bridgehead atoms. The summed E-state index contributed by atoms with van der Waals surface area (Å²) in [6.45, 7) is 0. The van der Waals surface area contributed by atoms with Crippen LogP contribution >= 0.6 is 0 Å². The molecule has 38 heavy (non-hydrogen) atoms. The molecule has 0 aromatic heterocycles. The summed E-state index contributed by atoms with van der Waals surface area (Å²) in [4.78, 5) is 70.4. The quantitative estimate of drug-likeness (QED) is 0.216. The van der Waals surface area contributed by atoms with Crippen molar-refractivity contribution in [1.29, 1.82) is 0 Å². The molecule has 2 aliphatic rings. The topological polar surface area (TPSA) is 161 Å². The van der Waals surface area contributed by atoms with Crippen molar-refractivity contribution >= 4 is 35.8 Å². The van der Waals surface area contributed by atoms with E-state index in [2.05, 4.69) is 9.47 Å². The second-order valence-corrected chi connectivity index (χ2v) is 9.41. The summed E-state index contributed by atoms with van der Waals surface area (Å²) in [5.74, 6) is -5.45. The van der Waals surface area contributed by atoms with E-state index in [-0.39, 0.29) is 33.4 Å². The lowest BCUT2D eigenvalue weighted by molar-refractivity contribution is 0.0425. The fourth-order valence-corrected chi connectivity index (χ4v) is 4.92. The Morgan fingerprint density at radius 2 is 0.868 bits per heavy atom. The summed E-state index contributed by atoms with van der Waals surface area (Å²) in [5, 5.41) is 18.6. The van der Waals surface area contributed by atoms with Crippen LogP contribution in [0.25, 0.3) is 0 Å². The van der Waals surface area contributed by atoms with Gasteiger partial charge in [-0.1, -0.05) is 38.5 Å². The molecule has 2 aromatic carbocycles. The van der Waals surface area contributed by atoms with Crippen LogP contribution < -0.4 is 0 Å². The Kier molecular flexibility index (Phi) is 7.99. The van der Waals surface area contributed by atoms with Gasteiger partial charge in [0, 0.05) is 0 Å². The number of rotatable bonds is 13. The summed E-state index contributed by atoms with van der Waals surface area (Å²) in [6, 6.07) is 5.21. The molecule has 0 unspecified atom stereocenters. The van der Waals surface area contributed by atoms with Gasteiger partial charge in [-0.2, -0.15) is 0 Å². The van der Waals surface area contributed by atoms with Crippen molar-refractivity contribution < 1.29 is 48.5 Å². The number of unbranched alkanes of at least 4 members (excludes halogenated alkanes) is 7. The van der Waals surface area contributed by atoms with Gasteiger partial charge in [-0.3, -0.25) is 0 Å². The van der Waals surface area contributed by atoms with E-state index in [0.717, 1.165) is 51.4 Å². The molecular formula is C28H26O10. The number of carboxylic acid groups (broad SMARTS) is 2. The summed E-state index contributed by atoms with van der Waals surface area (Å²) >= 11 is 0. The van der Waals surface area contributed by atoms with Crippen LogP contribution in [0.5, 0.6) is 0 Å². The number of carbonyl (C=O) groups excluding carboxylic acids is 4. The van der Waals surface area contributed by atoms with Crippen LogP contribution in [0, 0.1) is 0 Å². The maximum absolute atomic E-state index is 12.0. The molecule has 0 radical (unpaired) electrons. The zero-order valence-electron chi connectivity index (χ0n) is 20.5. The molecule has 0 aliphatic carbocycles. The second kappa shape index (κ2) is 11.4. The van der Waals surface area contributed by atoms with Crippen LogP contribution in [0.4, 0.5) is 0 Å². The summed E-state index contributed by atoms with van der Waals surface area (Å²) in [7, 11) is 0. The Morgan fingerprint density at radius 1 is 0.526 bits per heavy atom. The van der Waals surface area contributed by atoms with Crippen molar-refractivity contribution in [3.63, 3.8) is 0 Å². The fourth-order valence-electron chi connectivity index (χ4n) is 4.92. The Labute approximate surface area is 217 Å². The van der Waals surface area contributed by atoms with Gasteiger partial charge < -0.3 is 19.7 Å². The monoisotopic (exact) mass is 522 g/mol. The van der Waals surface area contributed by atoms with E-state index in [1.165, 1.54) is 24.3 Å². The number of aryl methyl sites for hydroxylation is 2. The number of ether oxygens (including phenoxy) is 2. The molecule has 198 valence electrons. The minimum absolute atomic E-state index is 0.00744. The molecule has 0 saturated heterocycles. The molecule has 2 heterocycles. The number of carbonyl (C=O) groups is 6. The average Bonchev–Trinajstić information content (AvgIpc) is 3.33. The lowest BCUT2D eigenvalue weighted by Gasteiger charge is -2.08.